The monoisotopic (exact) mass is 532 g/mol. The van der Waals surface area contributed by atoms with Crippen molar-refractivity contribution < 1.29 is 9.53 Å². The van der Waals surface area contributed by atoms with Crippen molar-refractivity contribution in [2.24, 2.45) is 11.8 Å². The predicted octanol–water partition coefficient (Wildman–Crippen LogP) is 8.61. The van der Waals surface area contributed by atoms with Crippen LogP contribution in [0.3, 0.4) is 0 Å². The molecule has 0 unspecified atom stereocenters. The van der Waals surface area contributed by atoms with Gasteiger partial charge in [0.05, 0.1) is 5.56 Å². The lowest BCUT2D eigenvalue weighted by atomic mass is 9.78. The number of esters is 1. The highest BCUT2D eigenvalue weighted by Gasteiger charge is 2.20. The van der Waals surface area contributed by atoms with Gasteiger partial charge in [0.1, 0.15) is 5.75 Å². The molecule has 3 heteroatoms. The van der Waals surface area contributed by atoms with Gasteiger partial charge in [-0.25, -0.2) is 4.79 Å². The van der Waals surface area contributed by atoms with Crippen LogP contribution in [-0.4, -0.2) is 5.97 Å². The van der Waals surface area contributed by atoms with Crippen molar-refractivity contribution >= 4 is 28.6 Å². The highest BCUT2D eigenvalue weighted by Crippen LogP contribution is 2.34. The van der Waals surface area contributed by atoms with Gasteiger partial charge in [0.15, 0.2) is 0 Å². The third kappa shape index (κ3) is 8.59. The van der Waals surface area contributed by atoms with E-state index in [1.807, 2.05) is 36.4 Å². The SMILES string of the molecule is CCCCC[C@H]1CC[C@H](CCCCc2ccc(C(=O)Oc3ccc(I)cc3)cc2)CC1. The molecule has 0 atom stereocenters. The van der Waals surface area contributed by atoms with Gasteiger partial charge in [0.25, 0.3) is 0 Å². The summed E-state index contributed by atoms with van der Waals surface area (Å²) < 4.78 is 6.58. The fourth-order valence-corrected chi connectivity index (χ4v) is 5.09. The summed E-state index contributed by atoms with van der Waals surface area (Å²) in [4.78, 5) is 12.3. The normalized spacial score (nSPS) is 18.6. The van der Waals surface area contributed by atoms with E-state index >= 15 is 0 Å². The maximum atomic E-state index is 12.3. The van der Waals surface area contributed by atoms with E-state index in [2.05, 4.69) is 41.6 Å². The molecule has 0 heterocycles. The maximum Gasteiger partial charge on any atom is 0.343 e. The second-order valence-electron chi connectivity index (χ2n) is 9.17. The number of carbonyl (C=O) groups is 1. The lowest BCUT2D eigenvalue weighted by Crippen LogP contribution is -2.14. The zero-order valence-electron chi connectivity index (χ0n) is 19.0. The molecule has 0 amide bonds. The van der Waals surface area contributed by atoms with Gasteiger partial charge in [-0.2, -0.15) is 0 Å². The van der Waals surface area contributed by atoms with Gasteiger partial charge in [-0.05, 0) is 89.2 Å². The first-order valence-electron chi connectivity index (χ1n) is 12.2. The quantitative estimate of drug-likeness (QED) is 0.125. The average Bonchev–Trinajstić information content (AvgIpc) is 2.80. The number of benzene rings is 2. The second-order valence-corrected chi connectivity index (χ2v) is 10.4. The number of hydrogen-bond acceptors (Lipinski definition) is 2. The molecule has 0 N–H and O–H groups in total. The summed E-state index contributed by atoms with van der Waals surface area (Å²) in [6, 6.07) is 15.5. The molecule has 1 saturated carbocycles. The number of ether oxygens (including phenoxy) is 1. The summed E-state index contributed by atoms with van der Waals surface area (Å²) in [5.41, 5.74) is 1.92. The molecule has 168 valence electrons. The van der Waals surface area contributed by atoms with E-state index in [4.69, 9.17) is 4.74 Å². The van der Waals surface area contributed by atoms with Crippen LogP contribution in [0.25, 0.3) is 0 Å². The minimum Gasteiger partial charge on any atom is -0.423 e. The predicted molar refractivity (Wildman–Crippen MR) is 138 cm³/mol. The summed E-state index contributed by atoms with van der Waals surface area (Å²) in [5.74, 6) is 2.27. The molecule has 0 bridgehead atoms. The van der Waals surface area contributed by atoms with Crippen molar-refractivity contribution in [3.8, 4) is 5.75 Å². The zero-order chi connectivity index (χ0) is 21.9. The molecule has 2 aromatic rings. The molecule has 2 nitrogen and oxygen atoms in total. The van der Waals surface area contributed by atoms with E-state index in [9.17, 15) is 4.79 Å². The van der Waals surface area contributed by atoms with E-state index in [1.54, 1.807) is 0 Å². The van der Waals surface area contributed by atoms with Crippen LogP contribution in [0.2, 0.25) is 0 Å². The largest absolute Gasteiger partial charge is 0.423 e. The number of halogens is 1. The topological polar surface area (TPSA) is 26.3 Å². The Morgan fingerprint density at radius 3 is 2.00 bits per heavy atom. The van der Waals surface area contributed by atoms with Gasteiger partial charge in [0, 0.05) is 3.57 Å². The summed E-state index contributed by atoms with van der Waals surface area (Å²) in [6.45, 7) is 2.30. The van der Waals surface area contributed by atoms with Crippen molar-refractivity contribution in [1.29, 1.82) is 0 Å². The van der Waals surface area contributed by atoms with Gasteiger partial charge in [0.2, 0.25) is 0 Å². The molecule has 1 aliphatic rings. The van der Waals surface area contributed by atoms with Crippen molar-refractivity contribution in [2.75, 3.05) is 0 Å². The molecule has 0 aromatic heterocycles. The Kier molecular flexibility index (Phi) is 10.4. The van der Waals surface area contributed by atoms with Crippen molar-refractivity contribution in [1.82, 2.24) is 0 Å². The van der Waals surface area contributed by atoms with E-state index in [0.29, 0.717) is 11.3 Å². The molecule has 2 aromatic carbocycles. The Morgan fingerprint density at radius 1 is 0.839 bits per heavy atom. The Labute approximate surface area is 202 Å². The van der Waals surface area contributed by atoms with E-state index in [-0.39, 0.29) is 5.97 Å². The van der Waals surface area contributed by atoms with Crippen LogP contribution in [0.4, 0.5) is 0 Å². The number of rotatable bonds is 11. The number of unbranched alkanes of at least 4 members (excludes halogenated alkanes) is 3. The number of carbonyl (C=O) groups excluding carboxylic acids is 1. The molecule has 0 spiro atoms. The first kappa shape index (κ1) is 24.3. The lowest BCUT2D eigenvalue weighted by molar-refractivity contribution is 0.0734. The smallest absolute Gasteiger partial charge is 0.343 e. The first-order valence-corrected chi connectivity index (χ1v) is 13.3. The average molecular weight is 533 g/mol. The summed E-state index contributed by atoms with van der Waals surface area (Å²) >= 11 is 2.24. The summed E-state index contributed by atoms with van der Waals surface area (Å²) in [7, 11) is 0. The molecule has 0 radical (unpaired) electrons. The maximum absolute atomic E-state index is 12.3. The second kappa shape index (κ2) is 13.2. The Morgan fingerprint density at radius 2 is 1.42 bits per heavy atom. The van der Waals surface area contributed by atoms with Gasteiger partial charge >= 0.3 is 5.97 Å². The minimum atomic E-state index is -0.293. The molecule has 0 aliphatic heterocycles. The van der Waals surface area contributed by atoms with Gasteiger partial charge < -0.3 is 4.74 Å². The fraction of sp³-hybridized carbons (Fsp3) is 0.536. The molecule has 1 aliphatic carbocycles. The highest BCUT2D eigenvalue weighted by atomic mass is 127. The highest BCUT2D eigenvalue weighted by molar-refractivity contribution is 14.1. The Hall–Kier alpha value is -1.36. The van der Waals surface area contributed by atoms with Gasteiger partial charge in [-0.3, -0.25) is 0 Å². The van der Waals surface area contributed by atoms with E-state index < -0.39 is 0 Å². The van der Waals surface area contributed by atoms with Crippen LogP contribution in [0.15, 0.2) is 48.5 Å². The summed E-state index contributed by atoms with van der Waals surface area (Å²) in [6.07, 6.45) is 16.5. The standard InChI is InChI=1S/C28H37IO2/c1-2-3-4-7-22-10-12-23(13-11-22)8-5-6-9-24-14-16-25(17-15-24)28(30)31-27-20-18-26(29)19-21-27/h14-23H,2-13H2,1H3/t22-,23-. The number of hydrogen-bond donors (Lipinski definition) is 0. The molecule has 1 fully saturated rings. The summed E-state index contributed by atoms with van der Waals surface area (Å²) in [5, 5.41) is 0. The van der Waals surface area contributed by atoms with Crippen LogP contribution in [-0.2, 0) is 6.42 Å². The van der Waals surface area contributed by atoms with Crippen LogP contribution >= 0.6 is 22.6 Å². The van der Waals surface area contributed by atoms with Crippen LogP contribution in [0, 0.1) is 15.4 Å². The molecular weight excluding hydrogens is 495 g/mol. The fourth-order valence-electron chi connectivity index (χ4n) is 4.73. The van der Waals surface area contributed by atoms with Crippen molar-refractivity contribution in [2.45, 2.75) is 84.0 Å². The van der Waals surface area contributed by atoms with Crippen LogP contribution in [0.5, 0.6) is 5.75 Å². The van der Waals surface area contributed by atoms with Crippen molar-refractivity contribution in [3.63, 3.8) is 0 Å². The molecule has 3 rings (SSSR count). The van der Waals surface area contributed by atoms with Crippen LogP contribution < -0.4 is 4.74 Å². The molecular formula is C28H37IO2. The van der Waals surface area contributed by atoms with Gasteiger partial charge in [-0.15, -0.1) is 0 Å². The van der Waals surface area contributed by atoms with Crippen molar-refractivity contribution in [3.05, 3.63) is 63.2 Å². The third-order valence-electron chi connectivity index (χ3n) is 6.72. The Bertz CT molecular complexity index is 774. The zero-order valence-corrected chi connectivity index (χ0v) is 21.1. The molecule has 0 saturated heterocycles. The first-order chi connectivity index (χ1) is 15.1. The van der Waals surface area contributed by atoms with E-state index in [1.165, 1.54) is 76.2 Å². The Balaban J connectivity index is 1.32. The van der Waals surface area contributed by atoms with Crippen LogP contribution in [0.1, 0.15) is 93.5 Å². The molecule has 31 heavy (non-hydrogen) atoms. The van der Waals surface area contributed by atoms with E-state index in [0.717, 1.165) is 21.8 Å². The van der Waals surface area contributed by atoms with Gasteiger partial charge in [-0.1, -0.05) is 83.3 Å². The lowest BCUT2D eigenvalue weighted by Gasteiger charge is -2.28. The minimum absolute atomic E-state index is 0.293. The third-order valence-corrected chi connectivity index (χ3v) is 7.44. The number of aryl methyl sites for hydroxylation is 1.